The number of anilines is 1. The molecule has 1 aromatic carbocycles. The van der Waals surface area contributed by atoms with Crippen molar-refractivity contribution in [2.24, 2.45) is 5.41 Å². The van der Waals surface area contributed by atoms with Crippen LogP contribution < -0.4 is 5.32 Å². The largest absolute Gasteiger partial charge is 0.322 e. The van der Waals surface area contributed by atoms with Crippen LogP contribution in [-0.4, -0.2) is 28.4 Å². The van der Waals surface area contributed by atoms with E-state index in [-0.39, 0.29) is 23.2 Å². The molecule has 1 saturated carbocycles. The van der Waals surface area contributed by atoms with E-state index >= 15 is 0 Å². The maximum absolute atomic E-state index is 12.7. The smallest absolute Gasteiger partial charge is 0.318 e. The number of nitrogens with one attached hydrogen (secondary N) is 1. The number of hydrogen-bond acceptors (Lipinski definition) is 3. The first-order valence-corrected chi connectivity index (χ1v) is 8.48. The highest BCUT2D eigenvalue weighted by Gasteiger charge is 2.45. The van der Waals surface area contributed by atoms with Crippen LogP contribution in [0.25, 0.3) is 0 Å². The number of carbonyl (C=O) groups excluding carboxylic acids is 1. The Bertz CT molecular complexity index is 635. The van der Waals surface area contributed by atoms with E-state index in [9.17, 15) is 14.9 Å². The number of carbonyl (C=O) groups is 1. The van der Waals surface area contributed by atoms with Crippen LogP contribution in [0, 0.1) is 15.5 Å². The van der Waals surface area contributed by atoms with Crippen LogP contribution in [-0.2, 0) is 0 Å². The number of amides is 2. The molecule has 1 atom stereocenters. The molecule has 128 valence electrons. The van der Waals surface area contributed by atoms with Crippen molar-refractivity contribution in [3.05, 3.63) is 47.0 Å². The Kier molecular flexibility index (Phi) is 4.55. The third-order valence-electron chi connectivity index (χ3n) is 5.32. The van der Waals surface area contributed by atoms with Crippen LogP contribution >= 0.6 is 0 Å². The summed E-state index contributed by atoms with van der Waals surface area (Å²) in [7, 11) is 0. The number of nitrogens with zero attached hydrogens (tertiary/aromatic N) is 2. The van der Waals surface area contributed by atoms with E-state index < -0.39 is 4.92 Å². The lowest BCUT2D eigenvalue weighted by Gasteiger charge is -2.33. The number of hydrogen-bond donors (Lipinski definition) is 1. The van der Waals surface area contributed by atoms with Crippen molar-refractivity contribution in [3.8, 4) is 0 Å². The zero-order valence-electron chi connectivity index (χ0n) is 13.7. The van der Waals surface area contributed by atoms with E-state index in [0.29, 0.717) is 5.69 Å². The van der Waals surface area contributed by atoms with Crippen LogP contribution in [0.4, 0.5) is 16.2 Å². The van der Waals surface area contributed by atoms with Crippen molar-refractivity contribution in [3.63, 3.8) is 0 Å². The van der Waals surface area contributed by atoms with Crippen LogP contribution in [0.2, 0.25) is 0 Å². The summed E-state index contributed by atoms with van der Waals surface area (Å²) in [5, 5.41) is 13.5. The lowest BCUT2D eigenvalue weighted by atomic mass is 9.73. The van der Waals surface area contributed by atoms with E-state index in [4.69, 9.17) is 0 Å². The summed E-state index contributed by atoms with van der Waals surface area (Å²) in [6.45, 7) is 4.66. The third-order valence-corrected chi connectivity index (χ3v) is 5.32. The lowest BCUT2D eigenvalue weighted by molar-refractivity contribution is -0.384. The first-order valence-electron chi connectivity index (χ1n) is 8.48. The van der Waals surface area contributed by atoms with Crippen molar-refractivity contribution in [1.82, 2.24) is 4.90 Å². The zero-order chi connectivity index (χ0) is 17.2. The van der Waals surface area contributed by atoms with Crippen molar-refractivity contribution in [1.29, 1.82) is 0 Å². The van der Waals surface area contributed by atoms with E-state index in [2.05, 4.69) is 11.9 Å². The van der Waals surface area contributed by atoms with E-state index in [0.717, 1.165) is 13.0 Å². The third kappa shape index (κ3) is 3.27. The average molecular weight is 329 g/mol. The number of rotatable bonds is 3. The highest BCUT2D eigenvalue weighted by molar-refractivity contribution is 5.90. The molecule has 2 amide bonds. The van der Waals surface area contributed by atoms with Gasteiger partial charge in [0.05, 0.1) is 11.0 Å². The van der Waals surface area contributed by atoms with Crippen molar-refractivity contribution in [2.75, 3.05) is 11.9 Å². The van der Waals surface area contributed by atoms with E-state index in [1.807, 2.05) is 11.0 Å². The highest BCUT2D eigenvalue weighted by atomic mass is 16.6. The summed E-state index contributed by atoms with van der Waals surface area (Å²) in [6.07, 6.45) is 8.97. The first kappa shape index (κ1) is 16.5. The Balaban J connectivity index is 1.69. The quantitative estimate of drug-likeness (QED) is 0.509. The molecule has 1 heterocycles. The SMILES string of the molecule is C=CC1CC2(CCCCC2)CN1C(=O)Nc1ccc([N+](=O)[O-])cc1. The molecule has 1 saturated heterocycles. The number of benzene rings is 1. The maximum Gasteiger partial charge on any atom is 0.322 e. The van der Waals surface area contributed by atoms with Crippen LogP contribution in [0.3, 0.4) is 0 Å². The molecule has 2 aliphatic rings. The molecule has 1 aliphatic carbocycles. The van der Waals surface area contributed by atoms with Crippen molar-refractivity contribution < 1.29 is 9.72 Å². The molecule has 1 aliphatic heterocycles. The standard InChI is InChI=1S/C18H23N3O3/c1-2-15-12-18(10-4-3-5-11-18)13-20(15)17(22)19-14-6-8-16(9-7-14)21(23)24/h2,6-9,15H,1,3-5,10-13H2,(H,19,22). The predicted octanol–water partition coefficient (Wildman–Crippen LogP) is 4.34. The zero-order valence-corrected chi connectivity index (χ0v) is 13.7. The molecule has 1 N–H and O–H groups in total. The van der Waals surface area contributed by atoms with Gasteiger partial charge in [-0.3, -0.25) is 10.1 Å². The normalized spacial score (nSPS) is 22.3. The number of likely N-dealkylation sites (tertiary alicyclic amines) is 1. The Morgan fingerprint density at radius 1 is 1.29 bits per heavy atom. The van der Waals surface area contributed by atoms with Gasteiger partial charge in [0, 0.05) is 24.4 Å². The van der Waals surface area contributed by atoms with Gasteiger partial charge in [-0.1, -0.05) is 25.3 Å². The minimum atomic E-state index is -0.452. The minimum absolute atomic E-state index is 0.0132. The van der Waals surface area contributed by atoms with E-state index in [1.165, 1.54) is 44.2 Å². The molecule has 2 fully saturated rings. The second-order valence-corrected chi connectivity index (χ2v) is 6.93. The van der Waals surface area contributed by atoms with Gasteiger partial charge in [0.1, 0.15) is 0 Å². The number of urea groups is 1. The summed E-state index contributed by atoms with van der Waals surface area (Å²) < 4.78 is 0. The summed E-state index contributed by atoms with van der Waals surface area (Å²) in [6, 6.07) is 5.81. The Morgan fingerprint density at radius 2 is 1.96 bits per heavy atom. The summed E-state index contributed by atoms with van der Waals surface area (Å²) >= 11 is 0. The van der Waals surface area contributed by atoms with Gasteiger partial charge < -0.3 is 10.2 Å². The Morgan fingerprint density at radius 3 is 2.54 bits per heavy atom. The molecule has 0 aromatic heterocycles. The molecule has 1 spiro atoms. The minimum Gasteiger partial charge on any atom is -0.318 e. The fraction of sp³-hybridized carbons (Fsp3) is 0.500. The van der Waals surface area contributed by atoms with Crippen LogP contribution in [0.1, 0.15) is 38.5 Å². The lowest BCUT2D eigenvalue weighted by Crippen LogP contribution is -2.39. The molecular formula is C18H23N3O3. The second-order valence-electron chi connectivity index (χ2n) is 6.93. The fourth-order valence-corrected chi connectivity index (χ4v) is 4.06. The van der Waals surface area contributed by atoms with Gasteiger partial charge in [0.25, 0.3) is 5.69 Å². The fourth-order valence-electron chi connectivity index (χ4n) is 4.06. The van der Waals surface area contributed by atoms with Gasteiger partial charge >= 0.3 is 6.03 Å². The van der Waals surface area contributed by atoms with E-state index in [1.54, 1.807) is 12.1 Å². The summed E-state index contributed by atoms with van der Waals surface area (Å²) in [5.74, 6) is 0. The molecule has 1 aromatic rings. The van der Waals surface area contributed by atoms with Crippen molar-refractivity contribution in [2.45, 2.75) is 44.6 Å². The average Bonchev–Trinajstić information content (AvgIpc) is 2.94. The number of nitro groups is 1. The number of nitro benzene ring substituents is 1. The second kappa shape index (κ2) is 6.63. The van der Waals surface area contributed by atoms with Gasteiger partial charge in [0.2, 0.25) is 0 Å². The summed E-state index contributed by atoms with van der Waals surface area (Å²) in [5.41, 5.74) is 0.821. The molecule has 3 rings (SSSR count). The molecule has 6 heteroatoms. The van der Waals surface area contributed by atoms with Gasteiger partial charge in [-0.15, -0.1) is 6.58 Å². The topological polar surface area (TPSA) is 75.5 Å². The van der Waals surface area contributed by atoms with Gasteiger partial charge in [-0.05, 0) is 36.8 Å². The predicted molar refractivity (Wildman–Crippen MR) is 92.9 cm³/mol. The summed E-state index contributed by atoms with van der Waals surface area (Å²) in [4.78, 5) is 24.8. The maximum atomic E-state index is 12.7. The molecule has 1 unspecified atom stereocenters. The van der Waals surface area contributed by atoms with Crippen LogP contribution in [0.5, 0.6) is 0 Å². The monoisotopic (exact) mass is 329 g/mol. The Labute approximate surface area is 141 Å². The first-order chi connectivity index (χ1) is 11.5. The molecule has 0 bridgehead atoms. The van der Waals surface area contributed by atoms with Crippen LogP contribution in [0.15, 0.2) is 36.9 Å². The number of non-ortho nitro benzene ring substituents is 1. The van der Waals surface area contributed by atoms with Gasteiger partial charge in [-0.2, -0.15) is 0 Å². The van der Waals surface area contributed by atoms with Gasteiger partial charge in [-0.25, -0.2) is 4.79 Å². The molecule has 6 nitrogen and oxygen atoms in total. The molecular weight excluding hydrogens is 306 g/mol. The Hall–Kier alpha value is -2.37. The highest BCUT2D eigenvalue weighted by Crippen LogP contribution is 2.46. The van der Waals surface area contributed by atoms with Gasteiger partial charge in [0.15, 0.2) is 0 Å². The molecule has 24 heavy (non-hydrogen) atoms. The van der Waals surface area contributed by atoms with Crippen molar-refractivity contribution >= 4 is 17.4 Å². The molecule has 0 radical (unpaired) electrons.